The van der Waals surface area contributed by atoms with Gasteiger partial charge >= 0.3 is 0 Å². The molecular weight excluding hydrogens is 294 g/mol. The Morgan fingerprint density at radius 3 is 2.70 bits per heavy atom. The lowest BCUT2D eigenvalue weighted by atomic mass is 10.1. The molecule has 0 aliphatic carbocycles. The molecule has 0 spiro atoms. The van der Waals surface area contributed by atoms with Gasteiger partial charge < -0.3 is 15.4 Å². The molecule has 0 aliphatic heterocycles. The number of benzene rings is 2. The zero-order chi connectivity index (χ0) is 16.2. The van der Waals surface area contributed by atoms with Crippen molar-refractivity contribution in [1.82, 2.24) is 15.3 Å². The summed E-state index contributed by atoms with van der Waals surface area (Å²) in [4.78, 5) is 30.0. The molecule has 0 unspecified atom stereocenters. The number of carbonyl (C=O) groups is 1. The molecule has 0 fully saturated rings. The molecule has 23 heavy (non-hydrogen) atoms. The summed E-state index contributed by atoms with van der Waals surface area (Å²) >= 11 is 0. The van der Waals surface area contributed by atoms with E-state index in [1.807, 2.05) is 42.5 Å². The Kier molecular flexibility index (Phi) is 4.16. The number of H-pyrrole nitrogens is 1. The van der Waals surface area contributed by atoms with Crippen molar-refractivity contribution in [2.75, 3.05) is 0 Å². The molecule has 0 saturated heterocycles. The molecule has 3 N–H and O–H groups in total. The van der Waals surface area contributed by atoms with Gasteiger partial charge in [0.1, 0.15) is 18.0 Å². The molecule has 0 saturated carbocycles. The lowest BCUT2D eigenvalue weighted by Gasteiger charge is -2.06. The van der Waals surface area contributed by atoms with Gasteiger partial charge in [0, 0.05) is 12.7 Å². The number of hydrogen-bond acceptors (Lipinski definition) is 4. The Bertz CT molecular complexity index is 918. The van der Waals surface area contributed by atoms with Crippen molar-refractivity contribution in [3.63, 3.8) is 0 Å². The van der Waals surface area contributed by atoms with E-state index in [4.69, 9.17) is 5.11 Å². The summed E-state index contributed by atoms with van der Waals surface area (Å²) in [6, 6.07) is 13.9. The van der Waals surface area contributed by atoms with Crippen molar-refractivity contribution < 1.29 is 9.90 Å². The average Bonchev–Trinajstić information content (AvgIpc) is 2.59. The molecule has 0 aliphatic rings. The lowest BCUT2D eigenvalue weighted by molar-refractivity contribution is 0.0948. The van der Waals surface area contributed by atoms with Crippen molar-refractivity contribution >= 4 is 16.7 Å². The number of carbonyl (C=O) groups excluding carboxylic acids is 1. The predicted octanol–water partition coefficient (Wildman–Crippen LogP) is 1.35. The minimum absolute atomic E-state index is 0.0806. The van der Waals surface area contributed by atoms with Crippen molar-refractivity contribution in [2.24, 2.45) is 0 Å². The maximum absolute atomic E-state index is 12.1. The Labute approximate surface area is 131 Å². The molecule has 1 heterocycles. The summed E-state index contributed by atoms with van der Waals surface area (Å²) in [5.41, 5.74) is 0.288. The molecule has 6 heteroatoms. The second kappa shape index (κ2) is 6.41. The lowest BCUT2D eigenvalue weighted by Crippen LogP contribution is -2.30. The first-order chi connectivity index (χ1) is 11.2. The first-order valence-electron chi connectivity index (χ1n) is 7.12. The van der Waals surface area contributed by atoms with E-state index in [1.165, 1.54) is 6.20 Å². The van der Waals surface area contributed by atoms with E-state index in [9.17, 15) is 9.59 Å². The third kappa shape index (κ3) is 3.27. The molecule has 0 radical (unpaired) electrons. The maximum atomic E-state index is 12.1. The van der Waals surface area contributed by atoms with Crippen LogP contribution in [-0.4, -0.2) is 21.0 Å². The second-order valence-electron chi connectivity index (χ2n) is 5.09. The highest BCUT2D eigenvalue weighted by atomic mass is 16.3. The smallest absolute Gasteiger partial charge is 0.263 e. The van der Waals surface area contributed by atoms with Crippen LogP contribution in [0.2, 0.25) is 0 Å². The largest absolute Gasteiger partial charge is 0.388 e. The fourth-order valence-electron chi connectivity index (χ4n) is 2.30. The summed E-state index contributed by atoms with van der Waals surface area (Å²) in [6.45, 7) is -0.0703. The van der Waals surface area contributed by atoms with E-state index in [0.717, 1.165) is 16.3 Å². The summed E-state index contributed by atoms with van der Waals surface area (Å²) < 4.78 is 0. The number of aromatic amines is 1. The molecule has 2 aromatic carbocycles. The number of nitrogens with one attached hydrogen (secondary N) is 2. The van der Waals surface area contributed by atoms with Crippen LogP contribution in [0, 0.1) is 0 Å². The summed E-state index contributed by atoms with van der Waals surface area (Å²) in [5.74, 6) is -0.377. The van der Waals surface area contributed by atoms with Gasteiger partial charge in [-0.15, -0.1) is 0 Å². The minimum Gasteiger partial charge on any atom is -0.388 e. The van der Waals surface area contributed by atoms with Crippen LogP contribution in [0.3, 0.4) is 0 Å². The summed E-state index contributed by atoms with van der Waals surface area (Å²) in [6.07, 6.45) is 1.17. The molecule has 1 aromatic heterocycles. The zero-order valence-electron chi connectivity index (χ0n) is 12.2. The number of fused-ring (bicyclic) bond motifs is 1. The quantitative estimate of drug-likeness (QED) is 0.678. The van der Waals surface area contributed by atoms with E-state index in [-0.39, 0.29) is 18.0 Å². The van der Waals surface area contributed by atoms with Crippen molar-refractivity contribution in [3.05, 3.63) is 76.0 Å². The van der Waals surface area contributed by atoms with Crippen molar-refractivity contribution in [3.8, 4) is 0 Å². The van der Waals surface area contributed by atoms with Crippen LogP contribution in [0.1, 0.15) is 21.7 Å². The van der Waals surface area contributed by atoms with Gasteiger partial charge in [0.05, 0.1) is 0 Å². The van der Waals surface area contributed by atoms with Crippen molar-refractivity contribution in [1.29, 1.82) is 0 Å². The average molecular weight is 309 g/mol. The number of amides is 1. The van der Waals surface area contributed by atoms with E-state index in [0.29, 0.717) is 6.54 Å². The highest BCUT2D eigenvalue weighted by molar-refractivity contribution is 5.93. The fourth-order valence-corrected chi connectivity index (χ4v) is 2.30. The van der Waals surface area contributed by atoms with E-state index < -0.39 is 11.5 Å². The minimum atomic E-state index is -0.569. The van der Waals surface area contributed by atoms with Gasteiger partial charge in [-0.05, 0) is 22.4 Å². The van der Waals surface area contributed by atoms with Gasteiger partial charge in [-0.25, -0.2) is 4.98 Å². The fraction of sp³-hybridized carbons (Fsp3) is 0.118. The van der Waals surface area contributed by atoms with Crippen LogP contribution in [0.5, 0.6) is 0 Å². The summed E-state index contributed by atoms with van der Waals surface area (Å²) in [7, 11) is 0. The van der Waals surface area contributed by atoms with E-state index >= 15 is 0 Å². The van der Waals surface area contributed by atoms with Gasteiger partial charge in [-0.1, -0.05) is 36.4 Å². The molecule has 3 rings (SSSR count). The SMILES string of the molecule is O=C(NCc1ccc2ccccc2c1)c1cnc(CO)[nH]c1=O. The van der Waals surface area contributed by atoms with Crippen LogP contribution in [0.25, 0.3) is 10.8 Å². The van der Waals surface area contributed by atoms with Crippen molar-refractivity contribution in [2.45, 2.75) is 13.2 Å². The number of rotatable bonds is 4. The molecule has 0 bridgehead atoms. The zero-order valence-corrected chi connectivity index (χ0v) is 12.2. The van der Waals surface area contributed by atoms with Gasteiger partial charge in [0.25, 0.3) is 11.5 Å². The number of nitrogens with zero attached hydrogens (tertiary/aromatic N) is 1. The number of aliphatic hydroxyl groups is 1. The Morgan fingerprint density at radius 1 is 1.17 bits per heavy atom. The normalized spacial score (nSPS) is 10.7. The summed E-state index contributed by atoms with van der Waals surface area (Å²) in [5, 5.41) is 13.8. The van der Waals surface area contributed by atoms with E-state index in [1.54, 1.807) is 0 Å². The van der Waals surface area contributed by atoms with Crippen LogP contribution in [-0.2, 0) is 13.2 Å². The van der Waals surface area contributed by atoms with E-state index in [2.05, 4.69) is 15.3 Å². The highest BCUT2D eigenvalue weighted by Crippen LogP contribution is 2.15. The first-order valence-corrected chi connectivity index (χ1v) is 7.12. The van der Waals surface area contributed by atoms with Crippen LogP contribution >= 0.6 is 0 Å². The van der Waals surface area contributed by atoms with Gasteiger partial charge in [0.2, 0.25) is 0 Å². The maximum Gasteiger partial charge on any atom is 0.263 e. The number of aliphatic hydroxyl groups excluding tert-OH is 1. The number of hydrogen-bond donors (Lipinski definition) is 3. The molecule has 0 atom stereocenters. The second-order valence-corrected chi connectivity index (χ2v) is 5.09. The highest BCUT2D eigenvalue weighted by Gasteiger charge is 2.11. The Morgan fingerprint density at radius 2 is 1.96 bits per heavy atom. The topological polar surface area (TPSA) is 95.1 Å². The molecule has 3 aromatic rings. The molecule has 1 amide bonds. The molecular formula is C17H15N3O3. The monoisotopic (exact) mass is 309 g/mol. The Balaban J connectivity index is 1.74. The van der Waals surface area contributed by atoms with Gasteiger partial charge in [-0.3, -0.25) is 9.59 Å². The first kappa shape index (κ1) is 14.9. The van der Waals surface area contributed by atoms with Crippen LogP contribution in [0.15, 0.2) is 53.5 Å². The third-order valence-electron chi connectivity index (χ3n) is 3.51. The third-order valence-corrected chi connectivity index (χ3v) is 3.51. The Hall–Kier alpha value is -2.99. The molecule has 116 valence electrons. The predicted molar refractivity (Wildman–Crippen MR) is 85.9 cm³/mol. The number of aromatic nitrogens is 2. The molecule has 6 nitrogen and oxygen atoms in total. The van der Waals surface area contributed by atoms with Gasteiger partial charge in [-0.2, -0.15) is 0 Å². The van der Waals surface area contributed by atoms with Crippen LogP contribution in [0.4, 0.5) is 0 Å². The standard InChI is InChI=1S/C17H15N3O3/c21-10-15-18-9-14(17(23)20-15)16(22)19-8-11-5-6-12-3-1-2-4-13(12)7-11/h1-7,9,21H,8,10H2,(H,19,22)(H,18,20,23). The van der Waals surface area contributed by atoms with Crippen LogP contribution < -0.4 is 10.9 Å². The van der Waals surface area contributed by atoms with Gasteiger partial charge in [0.15, 0.2) is 0 Å².